The molecule has 6 unspecified atom stereocenters. The van der Waals surface area contributed by atoms with Gasteiger partial charge in [-0.3, -0.25) is 14.2 Å². The number of nitrogens with one attached hydrogen (secondary N) is 2. The number of fused-ring (bicyclic) bond motifs is 1. The van der Waals surface area contributed by atoms with E-state index in [9.17, 15) is 28.8 Å². The number of aliphatic hydroxyl groups is 2. The number of aliphatic hydroxyl groups excluding tert-OH is 2. The fourth-order valence-corrected chi connectivity index (χ4v) is 6.31. The van der Waals surface area contributed by atoms with Gasteiger partial charge >= 0.3 is 19.7 Å². The highest BCUT2D eigenvalue weighted by Gasteiger charge is 2.43. The zero-order valence-corrected chi connectivity index (χ0v) is 23.7. The maximum atomic E-state index is 14.1. The number of hydrogen-bond donors (Lipinski definition) is 4. The molecule has 2 aromatic rings. The standard InChI is InChI=1S/C27H33FN3O10P/c1-16(26(34)39-18-9-11-37-12-10-18)30-42(36,41-22-8-4-6-17-5-2-3-7-19(17)22)38-15-23-21(32)13-24(40-23)31-14-20(28)25(33)29-27(31)35/h2-8,14,16,18,21,23-25,32-33H,9-13,15H2,1H3,(H,29,35)(H,30,36). The van der Waals surface area contributed by atoms with Gasteiger partial charge in [0.2, 0.25) is 0 Å². The number of nitrogens with zero attached hydrogens (tertiary/aromatic N) is 1. The summed E-state index contributed by atoms with van der Waals surface area (Å²) in [6.45, 7) is 1.93. The Labute approximate surface area is 241 Å². The number of urea groups is 1. The molecule has 0 bridgehead atoms. The van der Waals surface area contributed by atoms with Crippen LogP contribution in [-0.2, 0) is 28.1 Å². The van der Waals surface area contributed by atoms with Crippen LogP contribution in [0.1, 0.15) is 26.2 Å². The van der Waals surface area contributed by atoms with Gasteiger partial charge in [-0.1, -0.05) is 36.4 Å². The van der Waals surface area contributed by atoms with Gasteiger partial charge in [0, 0.05) is 30.8 Å². The molecule has 2 fully saturated rings. The summed E-state index contributed by atoms with van der Waals surface area (Å²) in [7, 11) is -4.33. The van der Waals surface area contributed by atoms with Crippen LogP contribution in [0.2, 0.25) is 0 Å². The van der Waals surface area contributed by atoms with Crippen molar-refractivity contribution in [1.29, 1.82) is 0 Å². The van der Waals surface area contributed by atoms with Crippen LogP contribution in [0.25, 0.3) is 10.8 Å². The van der Waals surface area contributed by atoms with Crippen LogP contribution in [0.4, 0.5) is 9.18 Å². The van der Waals surface area contributed by atoms with Crippen LogP contribution in [0, 0.1) is 0 Å². The van der Waals surface area contributed by atoms with Crippen molar-refractivity contribution in [3.63, 3.8) is 0 Å². The second kappa shape index (κ2) is 13.0. The van der Waals surface area contributed by atoms with E-state index in [0.717, 1.165) is 16.5 Å². The van der Waals surface area contributed by atoms with Gasteiger partial charge < -0.3 is 34.3 Å². The summed E-state index contributed by atoms with van der Waals surface area (Å²) >= 11 is 0. The largest absolute Gasteiger partial charge is 0.461 e. The molecule has 3 aliphatic rings. The van der Waals surface area contributed by atoms with Crippen molar-refractivity contribution in [2.45, 2.75) is 63.0 Å². The van der Waals surface area contributed by atoms with Gasteiger partial charge in [-0.15, -0.1) is 0 Å². The minimum absolute atomic E-state index is 0.114. The predicted molar refractivity (Wildman–Crippen MR) is 146 cm³/mol. The van der Waals surface area contributed by atoms with Crippen LogP contribution in [0.3, 0.4) is 0 Å². The Morgan fingerprint density at radius 3 is 2.74 bits per heavy atom. The summed E-state index contributed by atoms with van der Waals surface area (Å²) in [5.74, 6) is -1.44. The molecule has 4 N–H and O–H groups in total. The molecular weight excluding hydrogens is 576 g/mol. The first-order valence-electron chi connectivity index (χ1n) is 13.6. The van der Waals surface area contributed by atoms with Crippen LogP contribution in [-0.4, -0.2) is 83.7 Å². The maximum Gasteiger partial charge on any atom is 0.459 e. The monoisotopic (exact) mass is 609 g/mol. The Kier molecular flexibility index (Phi) is 9.43. The first-order chi connectivity index (χ1) is 20.1. The van der Waals surface area contributed by atoms with Crippen LogP contribution < -0.4 is 14.9 Å². The van der Waals surface area contributed by atoms with Crippen molar-refractivity contribution in [3.8, 4) is 5.75 Å². The molecule has 0 saturated carbocycles. The third-order valence-corrected chi connectivity index (χ3v) is 8.70. The molecule has 0 aromatic heterocycles. The van der Waals surface area contributed by atoms with E-state index in [4.69, 9.17) is 23.3 Å². The van der Waals surface area contributed by atoms with Crippen molar-refractivity contribution in [3.05, 3.63) is 54.5 Å². The fourth-order valence-electron chi connectivity index (χ4n) is 4.79. The number of hydrogen-bond acceptors (Lipinski definition) is 10. The van der Waals surface area contributed by atoms with Gasteiger partial charge in [0.1, 0.15) is 30.2 Å². The van der Waals surface area contributed by atoms with Crippen LogP contribution >= 0.6 is 7.75 Å². The third kappa shape index (κ3) is 7.09. The summed E-state index contributed by atoms with van der Waals surface area (Å²) in [5.41, 5.74) is 0. The van der Waals surface area contributed by atoms with Crippen molar-refractivity contribution in [2.75, 3.05) is 19.8 Å². The van der Waals surface area contributed by atoms with Gasteiger partial charge in [-0.05, 0) is 18.4 Å². The van der Waals surface area contributed by atoms with E-state index in [2.05, 4.69) is 5.09 Å². The summed E-state index contributed by atoms with van der Waals surface area (Å²) in [6.07, 6.45) is -3.72. The molecule has 42 heavy (non-hydrogen) atoms. The average molecular weight is 610 g/mol. The van der Waals surface area contributed by atoms with E-state index >= 15 is 0 Å². The van der Waals surface area contributed by atoms with E-state index in [1.165, 1.54) is 6.92 Å². The fraction of sp³-hybridized carbons (Fsp3) is 0.481. The summed E-state index contributed by atoms with van der Waals surface area (Å²) in [5, 5.41) is 26.2. The van der Waals surface area contributed by atoms with Gasteiger partial charge in [0.25, 0.3) is 0 Å². The quantitative estimate of drug-likeness (QED) is 0.231. The number of benzene rings is 2. The highest BCUT2D eigenvalue weighted by molar-refractivity contribution is 7.52. The molecule has 0 spiro atoms. The van der Waals surface area contributed by atoms with Crippen LogP contribution in [0.5, 0.6) is 5.75 Å². The zero-order valence-electron chi connectivity index (χ0n) is 22.8. The van der Waals surface area contributed by atoms with E-state index in [1.807, 2.05) is 23.5 Å². The Bertz CT molecular complexity index is 1370. The van der Waals surface area contributed by atoms with E-state index < -0.39 is 62.9 Å². The topological polar surface area (TPSA) is 165 Å². The lowest BCUT2D eigenvalue weighted by molar-refractivity contribution is -0.154. The molecule has 2 amide bonds. The third-order valence-electron chi connectivity index (χ3n) is 7.07. The van der Waals surface area contributed by atoms with Gasteiger partial charge in [0.15, 0.2) is 12.1 Å². The van der Waals surface area contributed by atoms with E-state index in [0.29, 0.717) is 31.4 Å². The minimum Gasteiger partial charge on any atom is -0.461 e. The number of halogens is 1. The molecule has 228 valence electrons. The average Bonchev–Trinajstić information content (AvgIpc) is 3.34. The molecule has 3 heterocycles. The summed E-state index contributed by atoms with van der Waals surface area (Å²) in [4.78, 5) is 25.9. The second-order valence-electron chi connectivity index (χ2n) is 10.2. The number of amides is 2. The Morgan fingerprint density at radius 2 is 1.95 bits per heavy atom. The van der Waals surface area contributed by atoms with Gasteiger partial charge in [-0.25, -0.2) is 13.8 Å². The van der Waals surface area contributed by atoms with Crippen molar-refractivity contribution < 1.29 is 52.0 Å². The van der Waals surface area contributed by atoms with Crippen molar-refractivity contribution in [1.82, 2.24) is 15.3 Å². The molecule has 0 aliphatic carbocycles. The first-order valence-corrected chi connectivity index (χ1v) is 15.1. The molecule has 6 atom stereocenters. The summed E-state index contributed by atoms with van der Waals surface area (Å²) in [6, 6.07) is 10.5. The molecule has 0 radical (unpaired) electrons. The SMILES string of the molecule is CC(NP(=O)(OCC1OC(N2C=C(F)C(O)NC2=O)CC1O)Oc1cccc2ccccc12)C(=O)OC1CCOCC1. The van der Waals surface area contributed by atoms with Gasteiger partial charge in [-0.2, -0.15) is 5.09 Å². The molecule has 2 aromatic carbocycles. The number of carbonyl (C=O) groups is 2. The Balaban J connectivity index is 1.31. The lowest BCUT2D eigenvalue weighted by atomic mass is 10.1. The summed E-state index contributed by atoms with van der Waals surface area (Å²) < 4.78 is 56.2. The highest BCUT2D eigenvalue weighted by atomic mass is 31.2. The lowest BCUT2D eigenvalue weighted by Gasteiger charge is -2.30. The molecule has 2 saturated heterocycles. The number of esters is 1. The minimum atomic E-state index is -4.33. The zero-order chi connectivity index (χ0) is 29.9. The molecule has 5 rings (SSSR count). The lowest BCUT2D eigenvalue weighted by Crippen LogP contribution is -2.51. The second-order valence-corrected chi connectivity index (χ2v) is 11.9. The molecule has 13 nitrogen and oxygen atoms in total. The Hall–Kier alpha value is -3.10. The molecular formula is C27H33FN3O10P. The maximum absolute atomic E-state index is 14.1. The number of rotatable bonds is 10. The normalized spacial score (nSPS) is 27.2. The van der Waals surface area contributed by atoms with Crippen molar-refractivity contribution in [2.24, 2.45) is 0 Å². The van der Waals surface area contributed by atoms with Gasteiger partial charge in [0.05, 0.1) is 25.9 Å². The predicted octanol–water partition coefficient (Wildman–Crippen LogP) is 2.67. The Morgan fingerprint density at radius 1 is 1.21 bits per heavy atom. The smallest absolute Gasteiger partial charge is 0.459 e. The number of carbonyl (C=O) groups excluding carboxylic acids is 2. The number of ether oxygens (including phenoxy) is 3. The molecule has 15 heteroatoms. The van der Waals surface area contributed by atoms with E-state index in [-0.39, 0.29) is 18.3 Å². The van der Waals surface area contributed by atoms with E-state index in [1.54, 1.807) is 24.3 Å². The van der Waals surface area contributed by atoms with Crippen molar-refractivity contribution >= 4 is 30.5 Å². The first kappa shape index (κ1) is 30.4. The molecule has 3 aliphatic heterocycles. The highest BCUT2D eigenvalue weighted by Crippen LogP contribution is 2.47. The van der Waals surface area contributed by atoms with Crippen LogP contribution in [0.15, 0.2) is 54.5 Å².